The molecule has 2 atom stereocenters. The zero-order valence-corrected chi connectivity index (χ0v) is 17.6. The largest absolute Gasteiger partial charge is 0.406 e. The summed E-state index contributed by atoms with van der Waals surface area (Å²) in [5.41, 5.74) is 0.517. The molecule has 2 aromatic rings. The Morgan fingerprint density at radius 1 is 1.24 bits per heavy atom. The smallest absolute Gasteiger partial charge is 0.387 e. The minimum absolute atomic E-state index is 0.000110. The fraction of sp³-hybridized carbons (Fsp3) is 0.208. The molecule has 0 aliphatic carbocycles. The number of nitrogens with one attached hydrogen (secondary N) is 2. The molecule has 6 nitrogen and oxygen atoms in total. The number of anilines is 1. The van der Waals surface area contributed by atoms with Crippen molar-refractivity contribution in [2.45, 2.75) is 18.1 Å². The first-order valence-corrected chi connectivity index (χ1v) is 10.3. The Hall–Kier alpha value is -4.13. The number of hydrogen-bond donors (Lipinski definition) is 2. The molecule has 2 aliphatic rings. The Kier molecular flexibility index (Phi) is 6.11. The fourth-order valence-corrected chi connectivity index (χ4v) is 4.24. The zero-order chi connectivity index (χ0) is 24.5. The highest BCUT2D eigenvalue weighted by molar-refractivity contribution is 6.04. The average Bonchev–Trinajstić information content (AvgIpc) is 2.81. The molecule has 0 fully saturated rings. The Balaban J connectivity index is 1.82. The van der Waals surface area contributed by atoms with Gasteiger partial charge in [-0.1, -0.05) is 24.3 Å². The highest BCUT2D eigenvalue weighted by Gasteiger charge is 2.48. The molecule has 174 valence electrons. The van der Waals surface area contributed by atoms with Gasteiger partial charge in [-0.2, -0.15) is 18.4 Å². The van der Waals surface area contributed by atoms with Crippen LogP contribution < -0.4 is 10.6 Å². The Labute approximate surface area is 192 Å². The van der Waals surface area contributed by atoms with Crippen LogP contribution in [-0.2, 0) is 4.79 Å². The first kappa shape index (κ1) is 23.0. The third-order valence-corrected chi connectivity index (χ3v) is 5.64. The topological polar surface area (TPSA) is 85.2 Å². The second-order valence-electron chi connectivity index (χ2n) is 7.84. The number of alkyl halides is 3. The summed E-state index contributed by atoms with van der Waals surface area (Å²) in [5, 5.41) is 14.6. The molecular weight excluding hydrogens is 452 g/mol. The van der Waals surface area contributed by atoms with Crippen LogP contribution in [0.1, 0.15) is 27.4 Å². The minimum Gasteiger partial charge on any atom is -0.387 e. The number of carbonyl (C=O) groups excluding carboxylic acids is 2. The van der Waals surface area contributed by atoms with Gasteiger partial charge in [-0.3, -0.25) is 9.59 Å². The average molecular weight is 470 g/mol. The van der Waals surface area contributed by atoms with E-state index in [-0.39, 0.29) is 28.9 Å². The first-order valence-electron chi connectivity index (χ1n) is 10.3. The molecule has 34 heavy (non-hydrogen) atoms. The number of allylic oxidation sites excluding steroid dienone is 2. The number of amides is 2. The van der Waals surface area contributed by atoms with Gasteiger partial charge in [0.25, 0.3) is 5.91 Å². The molecule has 2 heterocycles. The molecule has 0 saturated heterocycles. The van der Waals surface area contributed by atoms with Crippen LogP contribution in [0.15, 0.2) is 66.4 Å². The van der Waals surface area contributed by atoms with Gasteiger partial charge in [0.1, 0.15) is 18.4 Å². The summed E-state index contributed by atoms with van der Waals surface area (Å²) in [7, 11) is 0. The summed E-state index contributed by atoms with van der Waals surface area (Å²) in [4.78, 5) is 27.3. The van der Waals surface area contributed by atoms with Crippen molar-refractivity contribution in [1.82, 2.24) is 10.2 Å². The summed E-state index contributed by atoms with van der Waals surface area (Å²) >= 11 is 0. The van der Waals surface area contributed by atoms with Crippen LogP contribution in [0.2, 0.25) is 0 Å². The van der Waals surface area contributed by atoms with Crippen molar-refractivity contribution in [3.8, 4) is 6.07 Å². The van der Waals surface area contributed by atoms with E-state index in [0.717, 1.165) is 12.1 Å². The van der Waals surface area contributed by atoms with Crippen LogP contribution in [0.3, 0.4) is 0 Å². The number of rotatable bonds is 4. The molecule has 10 heteroatoms. The molecule has 2 amide bonds. The minimum atomic E-state index is -4.70. The van der Waals surface area contributed by atoms with Crippen LogP contribution in [-0.4, -0.2) is 42.0 Å². The molecule has 0 radical (unpaired) electrons. The van der Waals surface area contributed by atoms with Gasteiger partial charge in [0, 0.05) is 17.8 Å². The van der Waals surface area contributed by atoms with Gasteiger partial charge in [-0.05, 0) is 47.7 Å². The molecule has 0 spiro atoms. The highest BCUT2D eigenvalue weighted by atomic mass is 19.4. The van der Waals surface area contributed by atoms with E-state index in [1.54, 1.807) is 30.5 Å². The van der Waals surface area contributed by atoms with E-state index in [4.69, 9.17) is 5.26 Å². The number of nitrogens with zero attached hydrogens (tertiary/aromatic N) is 2. The van der Waals surface area contributed by atoms with Crippen molar-refractivity contribution in [3.05, 3.63) is 88.9 Å². The lowest BCUT2D eigenvalue weighted by atomic mass is 9.78. The lowest BCUT2D eigenvalue weighted by molar-refractivity contribution is -0.146. The van der Waals surface area contributed by atoms with Gasteiger partial charge in [0.2, 0.25) is 5.91 Å². The lowest BCUT2D eigenvalue weighted by Gasteiger charge is -2.43. The van der Waals surface area contributed by atoms with E-state index in [1.807, 2.05) is 0 Å². The van der Waals surface area contributed by atoms with E-state index < -0.39 is 42.3 Å². The van der Waals surface area contributed by atoms with Crippen LogP contribution in [0.4, 0.5) is 23.2 Å². The summed E-state index contributed by atoms with van der Waals surface area (Å²) in [6.45, 7) is -1.39. The van der Waals surface area contributed by atoms with Crippen LogP contribution >= 0.6 is 0 Å². The van der Waals surface area contributed by atoms with E-state index in [0.29, 0.717) is 10.5 Å². The maximum atomic E-state index is 13.7. The van der Waals surface area contributed by atoms with Gasteiger partial charge < -0.3 is 15.5 Å². The first-order chi connectivity index (χ1) is 16.2. The van der Waals surface area contributed by atoms with E-state index in [9.17, 15) is 27.2 Å². The Morgan fingerprint density at radius 3 is 2.68 bits per heavy atom. The van der Waals surface area contributed by atoms with E-state index >= 15 is 0 Å². The predicted molar refractivity (Wildman–Crippen MR) is 115 cm³/mol. The summed E-state index contributed by atoms with van der Waals surface area (Å²) < 4.78 is 54.3. The summed E-state index contributed by atoms with van der Waals surface area (Å²) in [6.07, 6.45) is 0.0764. The summed E-state index contributed by atoms with van der Waals surface area (Å²) in [5.74, 6) is -3.48. The molecule has 4 rings (SSSR count). The number of dihydropyridines is 1. The third kappa shape index (κ3) is 4.50. The quantitative estimate of drug-likeness (QED) is 0.665. The van der Waals surface area contributed by atoms with Crippen molar-refractivity contribution >= 4 is 17.5 Å². The second kappa shape index (κ2) is 9.02. The molecular formula is C24H18F4N4O2. The van der Waals surface area contributed by atoms with Crippen molar-refractivity contribution in [3.63, 3.8) is 0 Å². The normalized spacial score (nSPS) is 19.6. The Bertz CT molecular complexity index is 1250. The third-order valence-electron chi connectivity index (χ3n) is 5.64. The Morgan fingerprint density at radius 2 is 2.00 bits per heavy atom. The molecule has 2 aromatic carbocycles. The van der Waals surface area contributed by atoms with Gasteiger partial charge in [0.15, 0.2) is 0 Å². The number of benzene rings is 2. The van der Waals surface area contributed by atoms with Gasteiger partial charge in [-0.15, -0.1) is 0 Å². The number of carbonyl (C=O) groups is 2. The van der Waals surface area contributed by atoms with Crippen LogP contribution in [0.25, 0.3) is 0 Å². The molecule has 0 bridgehead atoms. The maximum Gasteiger partial charge on any atom is 0.406 e. The van der Waals surface area contributed by atoms with E-state index in [2.05, 4.69) is 10.6 Å². The number of halogens is 4. The van der Waals surface area contributed by atoms with Gasteiger partial charge in [0.05, 0.1) is 17.5 Å². The number of hydrogen-bond acceptors (Lipinski definition) is 4. The van der Waals surface area contributed by atoms with E-state index in [1.165, 1.54) is 24.3 Å². The lowest BCUT2D eigenvalue weighted by Crippen LogP contribution is -2.55. The van der Waals surface area contributed by atoms with Crippen molar-refractivity contribution in [2.75, 3.05) is 18.4 Å². The SMILES string of the molecule is N#Cc1cc(NC(=O)[C@@H]2c3ccccc3C(=O)N(CC(F)(F)F)[C@H]2C2=CC=CNC2)ccc1F. The molecule has 0 unspecified atom stereocenters. The predicted octanol–water partition coefficient (Wildman–Crippen LogP) is 3.85. The fourth-order valence-electron chi connectivity index (χ4n) is 4.24. The van der Waals surface area contributed by atoms with Crippen LogP contribution in [0, 0.1) is 17.1 Å². The summed E-state index contributed by atoms with van der Waals surface area (Å²) in [6, 6.07) is 9.89. The number of fused-ring (bicyclic) bond motifs is 1. The van der Waals surface area contributed by atoms with Gasteiger partial charge in [-0.25, -0.2) is 4.39 Å². The maximum absolute atomic E-state index is 13.7. The monoisotopic (exact) mass is 470 g/mol. The van der Waals surface area contributed by atoms with Crippen molar-refractivity contribution in [2.24, 2.45) is 0 Å². The van der Waals surface area contributed by atoms with Crippen LogP contribution in [0.5, 0.6) is 0 Å². The second-order valence-corrected chi connectivity index (χ2v) is 7.84. The molecule has 2 N–H and O–H groups in total. The van der Waals surface area contributed by atoms with Crippen molar-refractivity contribution in [1.29, 1.82) is 5.26 Å². The number of nitriles is 1. The van der Waals surface area contributed by atoms with Crippen molar-refractivity contribution < 1.29 is 27.2 Å². The molecule has 0 saturated carbocycles. The molecule has 0 aromatic heterocycles. The highest BCUT2D eigenvalue weighted by Crippen LogP contribution is 2.39. The van der Waals surface area contributed by atoms with Gasteiger partial charge >= 0.3 is 6.18 Å². The zero-order valence-electron chi connectivity index (χ0n) is 17.6. The molecule has 2 aliphatic heterocycles. The standard InChI is InChI=1S/C24H18F4N4O2/c25-19-8-7-16(10-15(19)11-29)31-22(33)20-17-5-1-2-6-18(17)23(34)32(13-24(26,27)28)21(20)14-4-3-9-30-12-14/h1-10,20-21,30H,12-13H2,(H,31,33)/t20-,21+/m1/s1.